The zero-order valence-electron chi connectivity index (χ0n) is 23.0. The van der Waals surface area contributed by atoms with E-state index in [1.54, 1.807) is 18.5 Å². The monoisotopic (exact) mass is 564 g/mol. The number of nitrogens with zero attached hydrogens (tertiary/aromatic N) is 5. The predicted molar refractivity (Wildman–Crippen MR) is 144 cm³/mol. The molecule has 8 nitrogen and oxygen atoms in total. The van der Waals surface area contributed by atoms with Crippen molar-refractivity contribution >= 4 is 11.6 Å². The van der Waals surface area contributed by atoms with Gasteiger partial charge in [-0.15, -0.1) is 10.2 Å². The van der Waals surface area contributed by atoms with E-state index in [0.29, 0.717) is 24.1 Å². The molecular weight excluding hydrogens is 533 g/mol. The number of anilines is 1. The molecule has 0 saturated heterocycles. The summed E-state index contributed by atoms with van der Waals surface area (Å²) in [5.41, 5.74) is 0.525. The van der Waals surface area contributed by atoms with Crippen molar-refractivity contribution in [3.05, 3.63) is 76.4 Å². The van der Waals surface area contributed by atoms with Gasteiger partial charge < -0.3 is 19.5 Å². The molecule has 214 valence electrons. The smallest absolute Gasteiger partial charge is 0.363 e. The number of ether oxygens (including phenoxy) is 1. The fourth-order valence-electron chi connectivity index (χ4n) is 6.46. The summed E-state index contributed by atoms with van der Waals surface area (Å²) in [6, 6.07) is 12.1. The first-order chi connectivity index (χ1) is 19.5. The van der Waals surface area contributed by atoms with Crippen LogP contribution in [0.25, 0.3) is 0 Å². The largest absolute Gasteiger partial charge is 0.416 e. The first-order valence-corrected chi connectivity index (χ1v) is 13.8. The normalized spacial score (nSPS) is 23.1. The Bertz CT molecular complexity index is 1530. The number of nitrogens with one attached hydrogen (secondary N) is 1. The molecule has 0 bridgehead atoms. The van der Waals surface area contributed by atoms with Crippen molar-refractivity contribution in [3.63, 3.8) is 0 Å². The SMILES string of the molecule is Cn1cnnc1C1(c2cccc(N3Cc4c(cc(CNC5(C)CCC5)cc4C(F)(F)F)C3=O)c2)CC(OCC#N)C1. The summed E-state index contributed by atoms with van der Waals surface area (Å²) < 4.78 is 50.2. The summed E-state index contributed by atoms with van der Waals surface area (Å²) in [7, 11) is 1.85. The van der Waals surface area contributed by atoms with Crippen molar-refractivity contribution in [2.24, 2.45) is 7.05 Å². The zero-order valence-corrected chi connectivity index (χ0v) is 23.0. The second kappa shape index (κ2) is 9.96. The molecular formula is C30H31F3N6O2. The molecule has 2 heterocycles. The van der Waals surface area contributed by atoms with Crippen LogP contribution in [-0.2, 0) is 36.5 Å². The molecule has 6 rings (SSSR count). The van der Waals surface area contributed by atoms with Crippen molar-refractivity contribution < 1.29 is 22.7 Å². The highest BCUT2D eigenvalue weighted by Gasteiger charge is 2.51. The van der Waals surface area contributed by atoms with Crippen molar-refractivity contribution in [2.45, 2.75) is 75.4 Å². The highest BCUT2D eigenvalue weighted by atomic mass is 19.4. The van der Waals surface area contributed by atoms with Crippen LogP contribution in [0.3, 0.4) is 0 Å². The quantitative estimate of drug-likeness (QED) is 0.413. The van der Waals surface area contributed by atoms with Gasteiger partial charge in [0, 0.05) is 30.4 Å². The molecule has 2 fully saturated rings. The Morgan fingerprint density at radius 3 is 2.63 bits per heavy atom. The number of benzene rings is 2. The molecule has 0 atom stereocenters. The third-order valence-corrected chi connectivity index (χ3v) is 8.97. The summed E-state index contributed by atoms with van der Waals surface area (Å²) >= 11 is 0. The Hall–Kier alpha value is -3.75. The van der Waals surface area contributed by atoms with Gasteiger partial charge in [0.05, 0.1) is 29.7 Å². The number of carbonyl (C=O) groups excluding carboxylic acids is 1. The topological polar surface area (TPSA) is 96.1 Å². The van der Waals surface area contributed by atoms with Gasteiger partial charge in [-0.3, -0.25) is 4.79 Å². The zero-order chi connectivity index (χ0) is 29.0. The van der Waals surface area contributed by atoms with Gasteiger partial charge in [0.1, 0.15) is 18.8 Å². The van der Waals surface area contributed by atoms with Gasteiger partial charge in [0.15, 0.2) is 0 Å². The third kappa shape index (κ3) is 4.79. The lowest BCUT2D eigenvalue weighted by Crippen LogP contribution is -2.48. The Morgan fingerprint density at radius 2 is 2.00 bits per heavy atom. The molecule has 2 aromatic carbocycles. The molecule has 11 heteroatoms. The summed E-state index contributed by atoms with van der Waals surface area (Å²) in [6.45, 7) is 2.16. The van der Waals surface area contributed by atoms with Gasteiger partial charge >= 0.3 is 6.18 Å². The molecule has 1 amide bonds. The van der Waals surface area contributed by atoms with E-state index in [1.165, 1.54) is 11.0 Å². The van der Waals surface area contributed by atoms with Gasteiger partial charge in [-0.1, -0.05) is 12.1 Å². The van der Waals surface area contributed by atoms with Crippen LogP contribution in [0.5, 0.6) is 0 Å². The molecule has 41 heavy (non-hydrogen) atoms. The van der Waals surface area contributed by atoms with E-state index < -0.39 is 23.1 Å². The molecule has 3 aromatic rings. The van der Waals surface area contributed by atoms with Crippen molar-refractivity contribution in [1.29, 1.82) is 5.26 Å². The van der Waals surface area contributed by atoms with E-state index in [4.69, 9.17) is 10.00 Å². The Labute approximate surface area is 236 Å². The first kappa shape index (κ1) is 27.4. The number of amides is 1. The second-order valence-corrected chi connectivity index (χ2v) is 11.7. The number of nitriles is 1. The van der Waals surface area contributed by atoms with Crippen LogP contribution in [0, 0.1) is 11.3 Å². The molecule has 3 aliphatic rings. The molecule has 1 aliphatic heterocycles. The van der Waals surface area contributed by atoms with Crippen molar-refractivity contribution in [2.75, 3.05) is 11.5 Å². The Morgan fingerprint density at radius 1 is 1.22 bits per heavy atom. The summed E-state index contributed by atoms with van der Waals surface area (Å²) in [5, 5.41) is 20.7. The fourth-order valence-corrected chi connectivity index (χ4v) is 6.46. The van der Waals surface area contributed by atoms with Crippen LogP contribution < -0.4 is 10.2 Å². The molecule has 1 N–H and O–H groups in total. The van der Waals surface area contributed by atoms with Crippen molar-refractivity contribution in [1.82, 2.24) is 20.1 Å². The minimum absolute atomic E-state index is 0.00290. The molecule has 2 saturated carbocycles. The van der Waals surface area contributed by atoms with E-state index in [9.17, 15) is 18.0 Å². The summed E-state index contributed by atoms with van der Waals surface area (Å²) in [6.07, 6.45) is 1.07. The average molecular weight is 565 g/mol. The van der Waals surface area contributed by atoms with E-state index in [1.807, 2.05) is 35.9 Å². The lowest BCUT2D eigenvalue weighted by molar-refractivity contribution is -0.138. The van der Waals surface area contributed by atoms with Crippen LogP contribution in [0.1, 0.15) is 77.5 Å². The van der Waals surface area contributed by atoms with Crippen LogP contribution in [0.15, 0.2) is 42.7 Å². The number of alkyl halides is 3. The number of hydrogen-bond acceptors (Lipinski definition) is 6. The standard InChI is InChI=1S/C30H31F3N6O2/c1-28(7-4-8-28)35-16-19-11-23-24(25(12-19)30(31,32)33)17-39(26(23)40)21-6-3-5-20(13-21)29(27-37-36-18-38(27)2)14-22(15-29)41-10-9-34/h3,5-6,11-13,18,22,35H,4,7-8,10,14-17H2,1-2H3. The maximum atomic E-state index is 14.2. The van der Waals surface area contributed by atoms with Gasteiger partial charge in [0.2, 0.25) is 0 Å². The number of rotatable bonds is 8. The lowest BCUT2D eigenvalue weighted by Gasteiger charge is -2.46. The number of hydrogen-bond donors (Lipinski definition) is 1. The third-order valence-electron chi connectivity index (χ3n) is 8.97. The maximum absolute atomic E-state index is 14.2. The number of carbonyl (C=O) groups is 1. The number of aryl methyl sites for hydroxylation is 1. The highest BCUT2D eigenvalue weighted by molar-refractivity contribution is 6.10. The summed E-state index contributed by atoms with van der Waals surface area (Å²) in [4.78, 5) is 15.1. The van der Waals surface area contributed by atoms with Crippen LogP contribution >= 0.6 is 0 Å². The maximum Gasteiger partial charge on any atom is 0.416 e. The minimum atomic E-state index is -4.59. The lowest BCUT2D eigenvalue weighted by atomic mass is 9.62. The van der Waals surface area contributed by atoms with Gasteiger partial charge in [-0.2, -0.15) is 18.4 Å². The number of aromatic nitrogens is 3. The van der Waals surface area contributed by atoms with E-state index >= 15 is 0 Å². The number of halogens is 3. The fraction of sp³-hybridized carbons (Fsp3) is 0.467. The minimum Gasteiger partial charge on any atom is -0.363 e. The number of fused-ring (bicyclic) bond motifs is 1. The van der Waals surface area contributed by atoms with Gasteiger partial charge in [-0.25, -0.2) is 0 Å². The Balaban J connectivity index is 1.32. The van der Waals surface area contributed by atoms with E-state index in [0.717, 1.165) is 30.7 Å². The van der Waals surface area contributed by atoms with E-state index in [-0.39, 0.29) is 42.5 Å². The van der Waals surface area contributed by atoms with Crippen molar-refractivity contribution in [3.8, 4) is 6.07 Å². The van der Waals surface area contributed by atoms with E-state index in [2.05, 4.69) is 22.4 Å². The first-order valence-electron chi connectivity index (χ1n) is 13.8. The summed E-state index contributed by atoms with van der Waals surface area (Å²) in [5.74, 6) is 0.273. The van der Waals surface area contributed by atoms with Gasteiger partial charge in [0.25, 0.3) is 5.91 Å². The van der Waals surface area contributed by atoms with Gasteiger partial charge in [-0.05, 0) is 80.0 Å². The predicted octanol–water partition coefficient (Wildman–Crippen LogP) is 5.02. The van der Waals surface area contributed by atoms with Crippen LogP contribution in [0.2, 0.25) is 0 Å². The molecule has 0 radical (unpaired) electrons. The van der Waals surface area contributed by atoms with Crippen LogP contribution in [-0.4, -0.2) is 38.9 Å². The molecule has 1 aromatic heterocycles. The Kier molecular flexibility index (Phi) is 6.66. The average Bonchev–Trinajstić information content (AvgIpc) is 3.48. The molecule has 0 spiro atoms. The highest BCUT2D eigenvalue weighted by Crippen LogP contribution is 2.50. The molecule has 2 aliphatic carbocycles. The van der Waals surface area contributed by atoms with Crippen LogP contribution in [0.4, 0.5) is 18.9 Å². The molecule has 0 unspecified atom stereocenters. The second-order valence-electron chi connectivity index (χ2n) is 11.7.